The van der Waals surface area contributed by atoms with Crippen molar-refractivity contribution in [3.8, 4) is 22.9 Å². The quantitative estimate of drug-likeness (QED) is 0.801. The number of hydrogen-bond acceptors (Lipinski definition) is 6. The molecule has 9 heteroatoms. The Morgan fingerprint density at radius 2 is 2.09 bits per heavy atom. The van der Waals surface area contributed by atoms with Crippen molar-refractivity contribution in [1.29, 1.82) is 0 Å². The van der Waals surface area contributed by atoms with Gasteiger partial charge in [0.05, 0.1) is 13.3 Å². The van der Waals surface area contributed by atoms with Crippen LogP contribution in [0.2, 0.25) is 0 Å². The highest BCUT2D eigenvalue weighted by molar-refractivity contribution is 5.92. The number of ether oxygens (including phenoxy) is 3. The van der Waals surface area contributed by atoms with Crippen molar-refractivity contribution < 1.29 is 27.8 Å². The van der Waals surface area contributed by atoms with Gasteiger partial charge >= 0.3 is 6.29 Å². The summed E-state index contributed by atoms with van der Waals surface area (Å²) in [4.78, 5) is 23.5. The fourth-order valence-electron chi connectivity index (χ4n) is 2.10. The van der Waals surface area contributed by atoms with Crippen LogP contribution in [-0.2, 0) is 0 Å². The fourth-order valence-corrected chi connectivity index (χ4v) is 2.10. The molecule has 1 aromatic heterocycles. The maximum Gasteiger partial charge on any atom is 0.586 e. The molecule has 2 heterocycles. The third-order valence-corrected chi connectivity index (χ3v) is 3.09. The molecule has 0 unspecified atom stereocenters. The summed E-state index contributed by atoms with van der Waals surface area (Å²) in [5.74, 6) is -1.19. The Morgan fingerprint density at radius 3 is 2.74 bits per heavy atom. The summed E-state index contributed by atoms with van der Waals surface area (Å²) in [7, 11) is 1.24. The van der Waals surface area contributed by atoms with E-state index in [1.807, 2.05) is 0 Å². The van der Waals surface area contributed by atoms with Crippen LogP contribution in [0.25, 0.3) is 5.69 Å². The van der Waals surface area contributed by atoms with Gasteiger partial charge in [-0.05, 0) is 12.1 Å². The minimum Gasteiger partial charge on any atom is -0.491 e. The zero-order valence-corrected chi connectivity index (χ0v) is 12.0. The van der Waals surface area contributed by atoms with Gasteiger partial charge in [0.25, 0.3) is 5.43 Å². The van der Waals surface area contributed by atoms with Crippen molar-refractivity contribution in [3.05, 3.63) is 40.3 Å². The molecule has 0 N–H and O–H groups in total. The van der Waals surface area contributed by atoms with Crippen LogP contribution in [-0.4, -0.2) is 29.0 Å². The second-order valence-corrected chi connectivity index (χ2v) is 4.65. The van der Waals surface area contributed by atoms with Crippen molar-refractivity contribution in [2.24, 2.45) is 0 Å². The molecule has 0 saturated carbocycles. The molecule has 1 aromatic carbocycles. The summed E-state index contributed by atoms with van der Waals surface area (Å²) >= 11 is 0. The molecule has 23 heavy (non-hydrogen) atoms. The third kappa shape index (κ3) is 2.50. The number of Topliss-reactive ketones (excluding diaryl/α,β-unsaturated/α-hetero) is 1. The third-order valence-electron chi connectivity index (χ3n) is 3.09. The number of para-hydroxylation sites is 1. The zero-order chi connectivity index (χ0) is 16.8. The fraction of sp³-hybridized carbons (Fsp3) is 0.214. The SMILES string of the molecule is COc1cn(-c2cccc3c2OC(F)(F)O3)nc(C(C)=O)c1=O. The molecular weight excluding hydrogens is 314 g/mol. The lowest BCUT2D eigenvalue weighted by Gasteiger charge is -2.11. The van der Waals surface area contributed by atoms with E-state index in [2.05, 4.69) is 14.6 Å². The molecule has 1 aliphatic rings. The van der Waals surface area contributed by atoms with E-state index in [9.17, 15) is 18.4 Å². The number of ketones is 1. The van der Waals surface area contributed by atoms with Gasteiger partial charge in [0.1, 0.15) is 5.69 Å². The Labute approximate surface area is 128 Å². The molecule has 0 fully saturated rings. The Balaban J connectivity index is 2.22. The minimum atomic E-state index is -3.80. The first kappa shape index (κ1) is 14.9. The normalized spacial score (nSPS) is 14.6. The number of rotatable bonds is 3. The number of benzene rings is 1. The monoisotopic (exact) mass is 324 g/mol. The second-order valence-electron chi connectivity index (χ2n) is 4.65. The highest BCUT2D eigenvalue weighted by Gasteiger charge is 2.44. The highest BCUT2D eigenvalue weighted by Crippen LogP contribution is 2.44. The van der Waals surface area contributed by atoms with E-state index in [-0.39, 0.29) is 28.6 Å². The van der Waals surface area contributed by atoms with Gasteiger partial charge in [0, 0.05) is 6.92 Å². The van der Waals surface area contributed by atoms with Crippen LogP contribution in [0.4, 0.5) is 8.78 Å². The first-order chi connectivity index (χ1) is 10.8. The van der Waals surface area contributed by atoms with Crippen molar-refractivity contribution in [2.45, 2.75) is 13.2 Å². The van der Waals surface area contributed by atoms with Crippen LogP contribution < -0.4 is 19.6 Å². The Kier molecular flexibility index (Phi) is 3.28. The number of methoxy groups -OCH3 is 1. The van der Waals surface area contributed by atoms with Crippen molar-refractivity contribution in [1.82, 2.24) is 9.78 Å². The number of carbonyl (C=O) groups excluding carboxylic acids is 1. The van der Waals surface area contributed by atoms with Crippen LogP contribution >= 0.6 is 0 Å². The Morgan fingerprint density at radius 1 is 1.35 bits per heavy atom. The van der Waals surface area contributed by atoms with Crippen LogP contribution in [0.15, 0.2) is 29.2 Å². The molecule has 0 amide bonds. The second kappa shape index (κ2) is 5.04. The molecule has 2 aromatic rings. The van der Waals surface area contributed by atoms with E-state index in [1.165, 1.54) is 31.5 Å². The molecule has 0 bridgehead atoms. The van der Waals surface area contributed by atoms with Gasteiger partial charge in [-0.2, -0.15) is 5.10 Å². The molecule has 1 aliphatic heterocycles. The number of alkyl halides is 2. The maximum absolute atomic E-state index is 13.2. The number of aromatic nitrogens is 2. The number of hydrogen-bond donors (Lipinski definition) is 0. The van der Waals surface area contributed by atoms with Gasteiger partial charge in [0.15, 0.2) is 28.7 Å². The molecule has 7 nitrogen and oxygen atoms in total. The predicted molar refractivity (Wildman–Crippen MR) is 72.6 cm³/mol. The van der Waals surface area contributed by atoms with Crippen molar-refractivity contribution >= 4 is 5.78 Å². The smallest absolute Gasteiger partial charge is 0.491 e. The van der Waals surface area contributed by atoms with Crippen molar-refractivity contribution in [2.75, 3.05) is 7.11 Å². The topological polar surface area (TPSA) is 79.7 Å². The van der Waals surface area contributed by atoms with Crippen LogP contribution in [0.3, 0.4) is 0 Å². The maximum atomic E-state index is 13.2. The first-order valence-corrected chi connectivity index (χ1v) is 6.40. The van der Waals surface area contributed by atoms with E-state index in [0.29, 0.717) is 0 Å². The molecule has 0 atom stereocenters. The van der Waals surface area contributed by atoms with E-state index in [1.54, 1.807) is 0 Å². The summed E-state index contributed by atoms with van der Waals surface area (Å²) in [5, 5.41) is 3.87. The Hall–Kier alpha value is -2.97. The number of halogens is 2. The Bertz CT molecular complexity index is 863. The van der Waals surface area contributed by atoms with Crippen LogP contribution in [0.1, 0.15) is 17.4 Å². The van der Waals surface area contributed by atoms with Gasteiger partial charge in [-0.15, -0.1) is 8.78 Å². The summed E-state index contributed by atoms with van der Waals surface area (Å²) in [5.41, 5.74) is -1.00. The molecule has 0 saturated heterocycles. The lowest BCUT2D eigenvalue weighted by molar-refractivity contribution is -0.286. The molecule has 0 radical (unpaired) electrons. The number of carbonyl (C=O) groups is 1. The standard InChI is InChI=1S/C14H10F2N2O5/c1-7(19)11-12(20)10(21-2)6-18(17-11)8-4-3-5-9-13(8)23-14(15,16)22-9/h3-6H,1-2H3. The average molecular weight is 324 g/mol. The zero-order valence-electron chi connectivity index (χ0n) is 12.0. The highest BCUT2D eigenvalue weighted by atomic mass is 19.3. The first-order valence-electron chi connectivity index (χ1n) is 6.40. The molecule has 120 valence electrons. The molecular formula is C14H10F2N2O5. The molecule has 0 aliphatic carbocycles. The van der Waals surface area contributed by atoms with E-state index in [0.717, 1.165) is 11.6 Å². The minimum absolute atomic E-state index is 0.0699. The number of fused-ring (bicyclic) bond motifs is 1. The summed E-state index contributed by atoms with van der Waals surface area (Å²) in [6.45, 7) is 1.16. The van der Waals surface area contributed by atoms with Gasteiger partial charge in [-0.3, -0.25) is 9.59 Å². The average Bonchev–Trinajstić information content (AvgIpc) is 2.80. The van der Waals surface area contributed by atoms with Gasteiger partial charge in [-0.25, -0.2) is 4.68 Å². The van der Waals surface area contributed by atoms with E-state index < -0.39 is 17.5 Å². The van der Waals surface area contributed by atoms with Gasteiger partial charge in [0.2, 0.25) is 0 Å². The lowest BCUT2D eigenvalue weighted by Crippen LogP contribution is -2.26. The van der Waals surface area contributed by atoms with E-state index in [4.69, 9.17) is 4.74 Å². The summed E-state index contributed by atoms with van der Waals surface area (Å²) < 4.78 is 41.3. The predicted octanol–water partition coefficient (Wildman–Crippen LogP) is 1.77. The van der Waals surface area contributed by atoms with E-state index >= 15 is 0 Å². The van der Waals surface area contributed by atoms with Crippen LogP contribution in [0.5, 0.6) is 17.2 Å². The molecule has 3 rings (SSSR count). The largest absolute Gasteiger partial charge is 0.586 e. The van der Waals surface area contributed by atoms with Gasteiger partial charge < -0.3 is 14.2 Å². The summed E-state index contributed by atoms with van der Waals surface area (Å²) in [6.07, 6.45) is -2.63. The lowest BCUT2D eigenvalue weighted by atomic mass is 10.2. The van der Waals surface area contributed by atoms with Gasteiger partial charge in [-0.1, -0.05) is 6.07 Å². The summed E-state index contributed by atoms with van der Waals surface area (Å²) in [6, 6.07) is 4.16. The van der Waals surface area contributed by atoms with Crippen molar-refractivity contribution in [3.63, 3.8) is 0 Å². The van der Waals surface area contributed by atoms with Crippen LogP contribution in [0, 0.1) is 0 Å². The number of nitrogens with zero attached hydrogens (tertiary/aromatic N) is 2. The molecule has 0 spiro atoms.